The molecule has 6 nitrogen and oxygen atoms in total. The van der Waals surface area contributed by atoms with Gasteiger partial charge in [-0.3, -0.25) is 0 Å². The van der Waals surface area contributed by atoms with Crippen LogP contribution < -0.4 is 5.32 Å². The summed E-state index contributed by atoms with van der Waals surface area (Å²) in [4.78, 5) is 28.0. The summed E-state index contributed by atoms with van der Waals surface area (Å²) >= 11 is 0. The van der Waals surface area contributed by atoms with Crippen molar-refractivity contribution in [3.05, 3.63) is 119 Å². The summed E-state index contributed by atoms with van der Waals surface area (Å²) in [6.07, 6.45) is 2.05. The molecule has 5 rings (SSSR count). The molecule has 3 aromatic carbocycles. The van der Waals surface area contributed by atoms with E-state index in [1.165, 1.54) is 5.56 Å². The van der Waals surface area contributed by atoms with Crippen LogP contribution in [0.4, 0.5) is 10.5 Å². The number of aromatic nitrogens is 1. The van der Waals surface area contributed by atoms with Gasteiger partial charge in [0.05, 0.1) is 30.4 Å². The molecule has 1 aliphatic rings. The Kier molecular flexibility index (Phi) is 6.82. The average Bonchev–Trinajstić information content (AvgIpc) is 3.33. The van der Waals surface area contributed by atoms with Gasteiger partial charge in [-0.05, 0) is 65.9 Å². The van der Waals surface area contributed by atoms with Gasteiger partial charge in [0.15, 0.2) is 0 Å². The monoisotopic (exact) mass is 493 g/mol. The van der Waals surface area contributed by atoms with Crippen molar-refractivity contribution in [3.63, 3.8) is 0 Å². The molecule has 0 aliphatic carbocycles. The zero-order valence-electron chi connectivity index (χ0n) is 21.3. The molecule has 1 aliphatic heterocycles. The molecule has 2 heterocycles. The lowest BCUT2D eigenvalue weighted by Gasteiger charge is -2.31. The molecule has 0 unspecified atom stereocenters. The number of hydrogen-bond acceptors (Lipinski definition) is 3. The first-order chi connectivity index (χ1) is 18.0. The lowest BCUT2D eigenvalue weighted by molar-refractivity contribution is 0.0526. The molecule has 37 heavy (non-hydrogen) atoms. The molecule has 1 aromatic heterocycles. The number of esters is 1. The number of benzene rings is 3. The van der Waals surface area contributed by atoms with Crippen molar-refractivity contribution in [1.82, 2.24) is 9.47 Å². The molecular weight excluding hydrogens is 462 g/mol. The van der Waals surface area contributed by atoms with Crippen molar-refractivity contribution in [2.75, 3.05) is 11.9 Å². The average molecular weight is 494 g/mol. The number of nitrogens with one attached hydrogen (secondary N) is 1. The Morgan fingerprint density at radius 3 is 2.51 bits per heavy atom. The maximum atomic E-state index is 13.9. The van der Waals surface area contributed by atoms with Gasteiger partial charge in [-0.2, -0.15) is 0 Å². The van der Waals surface area contributed by atoms with E-state index in [1.54, 1.807) is 31.2 Å². The van der Waals surface area contributed by atoms with E-state index in [9.17, 15) is 9.59 Å². The lowest BCUT2D eigenvalue weighted by Crippen LogP contribution is -2.38. The molecule has 0 bridgehead atoms. The first kappa shape index (κ1) is 24.4. The van der Waals surface area contributed by atoms with Crippen LogP contribution in [0, 0.1) is 0 Å². The van der Waals surface area contributed by atoms with Crippen molar-refractivity contribution < 1.29 is 14.3 Å². The predicted octanol–water partition coefficient (Wildman–Crippen LogP) is 6.91. The quantitative estimate of drug-likeness (QED) is 0.307. The normalized spacial score (nSPS) is 14.5. The number of urea groups is 1. The zero-order valence-corrected chi connectivity index (χ0v) is 21.3. The number of carbonyl (C=O) groups excluding carboxylic acids is 2. The fraction of sp³-hybridized carbons (Fsp3) is 0.226. The largest absolute Gasteiger partial charge is 0.462 e. The zero-order chi connectivity index (χ0) is 25.9. The fourth-order valence-electron chi connectivity index (χ4n) is 4.89. The molecule has 4 aromatic rings. The van der Waals surface area contributed by atoms with Crippen molar-refractivity contribution in [2.24, 2.45) is 0 Å². The van der Waals surface area contributed by atoms with E-state index < -0.39 is 5.97 Å². The van der Waals surface area contributed by atoms with E-state index in [-0.39, 0.29) is 12.1 Å². The number of para-hydroxylation sites is 1. The third-order valence-electron chi connectivity index (χ3n) is 6.77. The van der Waals surface area contributed by atoms with Gasteiger partial charge in [-0.15, -0.1) is 0 Å². The summed E-state index contributed by atoms with van der Waals surface area (Å²) in [5, 5.41) is 3.03. The van der Waals surface area contributed by atoms with Gasteiger partial charge in [0.25, 0.3) is 0 Å². The van der Waals surface area contributed by atoms with Gasteiger partial charge in [0, 0.05) is 17.6 Å². The minimum atomic E-state index is -0.414. The second kappa shape index (κ2) is 10.3. The van der Waals surface area contributed by atoms with Crippen molar-refractivity contribution in [3.8, 4) is 5.69 Å². The third-order valence-corrected chi connectivity index (χ3v) is 6.77. The van der Waals surface area contributed by atoms with Crippen LogP contribution in [0.5, 0.6) is 0 Å². The summed E-state index contributed by atoms with van der Waals surface area (Å²) in [6.45, 7) is 6.83. The highest BCUT2D eigenvalue weighted by Gasteiger charge is 2.33. The molecule has 0 radical (unpaired) electrons. The minimum absolute atomic E-state index is 0.247. The molecule has 6 heteroatoms. The van der Waals surface area contributed by atoms with Crippen molar-refractivity contribution in [2.45, 2.75) is 39.3 Å². The molecule has 1 atom stereocenters. The highest BCUT2D eigenvalue weighted by atomic mass is 16.5. The van der Waals surface area contributed by atoms with Crippen LogP contribution in [0.2, 0.25) is 0 Å². The Bertz CT molecular complexity index is 1420. The van der Waals surface area contributed by atoms with E-state index in [2.05, 4.69) is 66.2 Å². The van der Waals surface area contributed by atoms with Gasteiger partial charge in [-0.1, -0.05) is 62.4 Å². The number of amides is 2. The number of ether oxygens (including phenoxy) is 1. The smallest absolute Gasteiger partial charge is 0.338 e. The Balaban J connectivity index is 1.55. The van der Waals surface area contributed by atoms with E-state index in [4.69, 9.17) is 4.74 Å². The van der Waals surface area contributed by atoms with Crippen molar-refractivity contribution >= 4 is 17.7 Å². The molecule has 0 saturated carbocycles. The highest BCUT2D eigenvalue weighted by molar-refractivity contribution is 5.94. The Morgan fingerprint density at radius 2 is 1.76 bits per heavy atom. The van der Waals surface area contributed by atoms with Crippen LogP contribution >= 0.6 is 0 Å². The summed E-state index contributed by atoms with van der Waals surface area (Å²) in [6, 6.07) is 27.1. The van der Waals surface area contributed by atoms with E-state index in [0.29, 0.717) is 30.3 Å². The van der Waals surface area contributed by atoms with E-state index in [0.717, 1.165) is 22.5 Å². The minimum Gasteiger partial charge on any atom is -0.462 e. The molecule has 1 N–H and O–H groups in total. The molecular formula is C31H31N3O3. The standard InChI is InChI=1S/C31H31N3O3/c1-4-37-30(35)24-10-7-11-26(19-24)32-31(36)34-20-25-9-5-6-12-27(25)33-18-8-13-28(33)29(34)23-16-14-22(15-17-23)21(2)3/h5-19,21,29H,4,20H2,1-3H3,(H,32,36)/t29-/m1/s1. The van der Waals surface area contributed by atoms with Gasteiger partial charge >= 0.3 is 12.0 Å². The second-order valence-corrected chi connectivity index (χ2v) is 9.52. The molecule has 188 valence electrons. The van der Waals surface area contributed by atoms with Gasteiger partial charge < -0.3 is 19.5 Å². The lowest BCUT2D eigenvalue weighted by atomic mass is 9.97. The SMILES string of the molecule is CCOC(=O)c1cccc(NC(=O)N2Cc3ccccc3-n3cccc3[C@H]2c2ccc(C(C)C)cc2)c1. The summed E-state index contributed by atoms with van der Waals surface area (Å²) in [5.74, 6) is 0.00520. The van der Waals surface area contributed by atoms with Crippen LogP contribution in [0.25, 0.3) is 5.69 Å². The van der Waals surface area contributed by atoms with Gasteiger partial charge in [0.2, 0.25) is 0 Å². The first-order valence-corrected chi connectivity index (χ1v) is 12.7. The first-order valence-electron chi connectivity index (χ1n) is 12.7. The topological polar surface area (TPSA) is 63.6 Å². The Hall–Kier alpha value is -4.32. The maximum absolute atomic E-state index is 13.9. The van der Waals surface area contributed by atoms with Crippen LogP contribution in [-0.2, 0) is 11.3 Å². The number of hydrogen-bond donors (Lipinski definition) is 1. The van der Waals surface area contributed by atoms with Gasteiger partial charge in [0.1, 0.15) is 0 Å². The number of rotatable bonds is 5. The number of fused-ring (bicyclic) bond motifs is 3. The molecule has 0 spiro atoms. The molecule has 2 amide bonds. The summed E-state index contributed by atoms with van der Waals surface area (Å²) in [7, 11) is 0. The van der Waals surface area contributed by atoms with E-state index >= 15 is 0 Å². The highest BCUT2D eigenvalue weighted by Crippen LogP contribution is 2.37. The van der Waals surface area contributed by atoms with Gasteiger partial charge in [-0.25, -0.2) is 9.59 Å². The van der Waals surface area contributed by atoms with Crippen LogP contribution in [-0.4, -0.2) is 28.1 Å². The Labute approximate surface area is 217 Å². The fourth-order valence-corrected chi connectivity index (χ4v) is 4.89. The number of nitrogens with zero attached hydrogens (tertiary/aromatic N) is 2. The predicted molar refractivity (Wildman–Crippen MR) is 145 cm³/mol. The Morgan fingerprint density at radius 1 is 0.973 bits per heavy atom. The second-order valence-electron chi connectivity index (χ2n) is 9.52. The number of anilines is 1. The van der Waals surface area contributed by atoms with Crippen LogP contribution in [0.1, 0.15) is 65.5 Å². The van der Waals surface area contributed by atoms with E-state index in [1.807, 2.05) is 29.3 Å². The summed E-state index contributed by atoms with van der Waals surface area (Å²) in [5.41, 5.74) is 6.35. The molecule has 0 saturated heterocycles. The number of carbonyl (C=O) groups is 2. The van der Waals surface area contributed by atoms with Crippen molar-refractivity contribution in [1.29, 1.82) is 0 Å². The molecule has 0 fully saturated rings. The van der Waals surface area contributed by atoms with Crippen LogP contribution in [0.3, 0.4) is 0 Å². The summed E-state index contributed by atoms with van der Waals surface area (Å²) < 4.78 is 7.30. The van der Waals surface area contributed by atoms with Crippen LogP contribution in [0.15, 0.2) is 91.1 Å². The third kappa shape index (κ3) is 4.87. The maximum Gasteiger partial charge on any atom is 0.338 e.